The summed E-state index contributed by atoms with van der Waals surface area (Å²) in [5.41, 5.74) is 3.32. The normalized spacial score (nSPS) is 22.4. The summed E-state index contributed by atoms with van der Waals surface area (Å²) in [5, 5.41) is 0. The number of nitrogens with zero attached hydrogens (tertiary/aromatic N) is 2. The molecular formula is C12H24N4O2. The van der Waals surface area contributed by atoms with Crippen LogP contribution in [-0.2, 0) is 4.74 Å². The molecule has 3 N–H and O–H groups in total. The summed E-state index contributed by atoms with van der Waals surface area (Å²) in [6.07, 6.45) is 1.68. The first-order valence-corrected chi connectivity index (χ1v) is 6.04. The highest BCUT2D eigenvalue weighted by Gasteiger charge is 2.32. The number of hydrazine groups is 1. The van der Waals surface area contributed by atoms with Crippen molar-refractivity contribution < 1.29 is 9.53 Å². The van der Waals surface area contributed by atoms with Crippen LogP contribution in [0.5, 0.6) is 0 Å². The van der Waals surface area contributed by atoms with Gasteiger partial charge < -0.3 is 14.5 Å². The Morgan fingerprint density at radius 3 is 2.61 bits per heavy atom. The third-order valence-corrected chi connectivity index (χ3v) is 2.50. The van der Waals surface area contributed by atoms with Crippen LogP contribution in [0.3, 0.4) is 0 Å². The minimum Gasteiger partial charge on any atom is -0.444 e. The molecule has 6 heteroatoms. The average Bonchev–Trinajstić information content (AvgIpc) is 2.57. The van der Waals surface area contributed by atoms with E-state index in [1.807, 2.05) is 46.0 Å². The lowest BCUT2D eigenvalue weighted by Gasteiger charge is -2.24. The number of amides is 1. The Bertz CT molecular complexity index is 333. The van der Waals surface area contributed by atoms with Crippen LogP contribution in [0.15, 0.2) is 11.8 Å². The van der Waals surface area contributed by atoms with Gasteiger partial charge in [0.25, 0.3) is 0 Å². The molecule has 1 amide bonds. The Kier molecular flexibility index (Phi) is 4.59. The van der Waals surface area contributed by atoms with Crippen molar-refractivity contribution >= 4 is 6.09 Å². The lowest BCUT2D eigenvalue weighted by atomic mass is 10.2. The number of carbonyl (C=O) groups excluding carboxylic acids is 1. The maximum absolute atomic E-state index is 11.9. The number of hydrogen-bond donors (Lipinski definition) is 2. The second kappa shape index (κ2) is 5.58. The molecule has 1 aliphatic heterocycles. The van der Waals surface area contributed by atoms with Crippen molar-refractivity contribution in [3.63, 3.8) is 0 Å². The number of nitrogens with one attached hydrogen (secondary N) is 1. The zero-order valence-corrected chi connectivity index (χ0v) is 11.9. The van der Waals surface area contributed by atoms with Crippen molar-refractivity contribution in [3.05, 3.63) is 11.8 Å². The Morgan fingerprint density at radius 2 is 2.17 bits per heavy atom. The molecule has 18 heavy (non-hydrogen) atoms. The van der Waals surface area contributed by atoms with E-state index in [-0.39, 0.29) is 12.1 Å². The van der Waals surface area contributed by atoms with Crippen molar-refractivity contribution in [3.8, 4) is 0 Å². The predicted octanol–water partition coefficient (Wildman–Crippen LogP) is 0.515. The molecule has 0 aliphatic carbocycles. The molecule has 104 valence electrons. The molecule has 1 atom stereocenters. The van der Waals surface area contributed by atoms with E-state index < -0.39 is 5.60 Å². The van der Waals surface area contributed by atoms with E-state index in [0.717, 1.165) is 5.57 Å². The molecule has 0 bridgehead atoms. The van der Waals surface area contributed by atoms with E-state index in [9.17, 15) is 4.79 Å². The number of carbonyl (C=O) groups is 1. The summed E-state index contributed by atoms with van der Waals surface area (Å²) in [6, 6.07) is -0.0140. The van der Waals surface area contributed by atoms with Crippen molar-refractivity contribution in [1.82, 2.24) is 15.2 Å². The highest BCUT2D eigenvalue weighted by Crippen LogP contribution is 2.19. The first-order chi connectivity index (χ1) is 8.23. The summed E-state index contributed by atoms with van der Waals surface area (Å²) in [6.45, 7) is 6.65. The molecule has 1 rings (SSSR count). The van der Waals surface area contributed by atoms with E-state index in [4.69, 9.17) is 10.6 Å². The van der Waals surface area contributed by atoms with E-state index in [0.29, 0.717) is 13.1 Å². The predicted molar refractivity (Wildman–Crippen MR) is 70.7 cm³/mol. The van der Waals surface area contributed by atoms with Crippen molar-refractivity contribution in [1.29, 1.82) is 0 Å². The standard InChI is InChI=1S/C12H24N4O2/c1-12(2,3)18-11(17)16-7-9(6-15(4)5)10(8-16)14-13/h6,10,14H,7-8,13H2,1-5H3/b9-6+. The van der Waals surface area contributed by atoms with Crippen LogP contribution in [0, 0.1) is 0 Å². The molecule has 0 aromatic carbocycles. The van der Waals surface area contributed by atoms with E-state index in [1.54, 1.807) is 4.90 Å². The van der Waals surface area contributed by atoms with Gasteiger partial charge >= 0.3 is 6.09 Å². The summed E-state index contributed by atoms with van der Waals surface area (Å²) in [7, 11) is 3.88. The molecule has 0 aromatic rings. The van der Waals surface area contributed by atoms with Gasteiger partial charge in [-0.05, 0) is 26.3 Å². The largest absolute Gasteiger partial charge is 0.444 e. The molecule has 1 saturated heterocycles. The van der Waals surface area contributed by atoms with Crippen LogP contribution in [0.2, 0.25) is 0 Å². The Hall–Kier alpha value is -1.27. The molecule has 1 fully saturated rings. The van der Waals surface area contributed by atoms with Gasteiger partial charge in [0.15, 0.2) is 0 Å². The Morgan fingerprint density at radius 1 is 1.56 bits per heavy atom. The minimum atomic E-state index is -0.475. The lowest BCUT2D eigenvalue weighted by Crippen LogP contribution is -2.40. The fourth-order valence-corrected chi connectivity index (χ4v) is 1.82. The molecule has 1 aliphatic rings. The molecule has 0 aromatic heterocycles. The van der Waals surface area contributed by atoms with Crippen LogP contribution in [0.1, 0.15) is 20.8 Å². The third-order valence-electron chi connectivity index (χ3n) is 2.50. The number of hydrogen-bond acceptors (Lipinski definition) is 5. The first kappa shape index (κ1) is 14.8. The fourth-order valence-electron chi connectivity index (χ4n) is 1.82. The molecule has 1 heterocycles. The average molecular weight is 256 g/mol. The van der Waals surface area contributed by atoms with Gasteiger partial charge in [-0.1, -0.05) is 0 Å². The molecule has 6 nitrogen and oxygen atoms in total. The van der Waals surface area contributed by atoms with Crippen LogP contribution >= 0.6 is 0 Å². The maximum atomic E-state index is 11.9. The Balaban J connectivity index is 2.70. The SMILES string of the molecule is CN(C)/C=C1\CN(C(=O)OC(C)(C)C)CC1NN. The smallest absolute Gasteiger partial charge is 0.410 e. The van der Waals surface area contributed by atoms with Gasteiger partial charge in [0.2, 0.25) is 0 Å². The van der Waals surface area contributed by atoms with Gasteiger partial charge in [-0.25, -0.2) is 4.79 Å². The zero-order valence-electron chi connectivity index (χ0n) is 11.9. The number of rotatable bonds is 2. The van der Waals surface area contributed by atoms with Crippen LogP contribution < -0.4 is 11.3 Å². The van der Waals surface area contributed by atoms with E-state index in [2.05, 4.69) is 5.43 Å². The number of ether oxygens (including phenoxy) is 1. The summed E-state index contributed by atoms with van der Waals surface area (Å²) < 4.78 is 5.35. The highest BCUT2D eigenvalue weighted by molar-refractivity contribution is 5.69. The molecule has 0 radical (unpaired) electrons. The molecule has 0 saturated carbocycles. The van der Waals surface area contributed by atoms with Crippen LogP contribution in [0.4, 0.5) is 4.79 Å². The van der Waals surface area contributed by atoms with Crippen molar-refractivity contribution in [2.45, 2.75) is 32.4 Å². The fraction of sp³-hybridized carbons (Fsp3) is 0.750. The third kappa shape index (κ3) is 4.19. The van der Waals surface area contributed by atoms with Crippen molar-refractivity contribution in [2.75, 3.05) is 27.2 Å². The van der Waals surface area contributed by atoms with Gasteiger partial charge in [-0.15, -0.1) is 0 Å². The maximum Gasteiger partial charge on any atom is 0.410 e. The second-order valence-electron chi connectivity index (χ2n) is 5.75. The highest BCUT2D eigenvalue weighted by atomic mass is 16.6. The quantitative estimate of drug-likeness (QED) is 0.556. The van der Waals surface area contributed by atoms with Gasteiger partial charge in [0.05, 0.1) is 6.04 Å². The van der Waals surface area contributed by atoms with Gasteiger partial charge in [-0.3, -0.25) is 11.3 Å². The summed E-state index contributed by atoms with van der Waals surface area (Å²) in [5.74, 6) is 5.50. The van der Waals surface area contributed by atoms with Crippen LogP contribution in [0.25, 0.3) is 0 Å². The van der Waals surface area contributed by atoms with E-state index in [1.165, 1.54) is 0 Å². The van der Waals surface area contributed by atoms with Gasteiger partial charge in [0.1, 0.15) is 5.60 Å². The summed E-state index contributed by atoms with van der Waals surface area (Å²) >= 11 is 0. The van der Waals surface area contributed by atoms with E-state index >= 15 is 0 Å². The first-order valence-electron chi connectivity index (χ1n) is 6.04. The molecular weight excluding hydrogens is 232 g/mol. The van der Waals surface area contributed by atoms with Gasteiger partial charge in [-0.2, -0.15) is 0 Å². The lowest BCUT2D eigenvalue weighted by molar-refractivity contribution is 0.0294. The monoisotopic (exact) mass is 256 g/mol. The molecule has 0 spiro atoms. The zero-order chi connectivity index (χ0) is 13.9. The topological polar surface area (TPSA) is 70.8 Å². The second-order valence-corrected chi connectivity index (χ2v) is 5.75. The molecule has 1 unspecified atom stereocenters. The van der Waals surface area contributed by atoms with Gasteiger partial charge in [0, 0.05) is 33.4 Å². The van der Waals surface area contributed by atoms with Crippen molar-refractivity contribution in [2.24, 2.45) is 5.84 Å². The number of likely N-dealkylation sites (tertiary alicyclic amines) is 1. The Labute approximate surface area is 109 Å². The van der Waals surface area contributed by atoms with Crippen LogP contribution in [-0.4, -0.2) is 54.7 Å². The number of nitrogens with two attached hydrogens (primary N) is 1. The minimum absolute atomic E-state index is 0.0140. The summed E-state index contributed by atoms with van der Waals surface area (Å²) in [4.78, 5) is 15.5.